The first-order valence-corrected chi connectivity index (χ1v) is 6.32. The van der Waals surface area contributed by atoms with E-state index in [0.717, 1.165) is 0 Å². The quantitative estimate of drug-likeness (QED) is 0.484. The van der Waals surface area contributed by atoms with Crippen LogP contribution in [0.25, 0.3) is 0 Å². The first-order chi connectivity index (χ1) is 9.34. The predicted molar refractivity (Wildman–Crippen MR) is 81.8 cm³/mol. The Labute approximate surface area is 127 Å². The van der Waals surface area contributed by atoms with Crippen molar-refractivity contribution in [3.8, 4) is 0 Å². The largest absolute Gasteiger partial charge is 0.470 e. The van der Waals surface area contributed by atoms with E-state index in [1.807, 2.05) is 0 Å². The molecule has 0 spiro atoms. The first kappa shape index (κ1) is 18.3. The summed E-state index contributed by atoms with van der Waals surface area (Å²) in [6, 6.07) is 1.62. The molecule has 0 fully saturated rings. The number of thiocarbonyl (C=S) groups is 1. The zero-order valence-corrected chi connectivity index (χ0v) is 12.9. The molecule has 0 aliphatic heterocycles. The molecule has 0 aromatic carbocycles. The maximum Gasteiger partial charge on any atom is 0.273 e. The smallest absolute Gasteiger partial charge is 0.273 e. The van der Waals surface area contributed by atoms with Crippen molar-refractivity contribution in [1.29, 1.82) is 0 Å². The number of hydrogen-bond acceptors (Lipinski definition) is 6. The van der Waals surface area contributed by atoms with Gasteiger partial charge in [-0.2, -0.15) is 10.2 Å². The lowest BCUT2D eigenvalue weighted by Gasteiger charge is -2.13. The zero-order valence-electron chi connectivity index (χ0n) is 11.1. The standard InChI is InChI=1S/C10H13N3O2S.CH3NOS/c1-13(2)10(16)15-6-4-9(14)8-3-5-11-12-7-8;2-1(3)4/h3,5,7H,4,6H2,1-2H3;(H3,2,3,4). The van der Waals surface area contributed by atoms with Gasteiger partial charge in [0, 0.05) is 26.1 Å². The van der Waals surface area contributed by atoms with Crippen molar-refractivity contribution in [1.82, 2.24) is 15.1 Å². The number of nitrogens with zero attached hydrogens (tertiary/aromatic N) is 3. The number of ether oxygens (including phenoxy) is 1. The number of hydrogen-bond donors (Lipinski definition) is 2. The van der Waals surface area contributed by atoms with Gasteiger partial charge in [-0.15, -0.1) is 0 Å². The molecule has 0 saturated carbocycles. The monoisotopic (exact) mass is 316 g/mol. The highest BCUT2D eigenvalue weighted by Crippen LogP contribution is 2.00. The van der Waals surface area contributed by atoms with Crippen LogP contribution in [0.15, 0.2) is 18.5 Å². The van der Waals surface area contributed by atoms with E-state index in [-0.39, 0.29) is 18.8 Å². The van der Waals surface area contributed by atoms with Gasteiger partial charge < -0.3 is 15.4 Å². The summed E-state index contributed by atoms with van der Waals surface area (Å²) in [5, 5.41) is 6.97. The third kappa shape index (κ3) is 9.22. The summed E-state index contributed by atoms with van der Waals surface area (Å²) in [4.78, 5) is 22.4. The number of ketones is 1. The highest BCUT2D eigenvalue weighted by molar-refractivity contribution is 7.96. The van der Waals surface area contributed by atoms with E-state index in [9.17, 15) is 4.79 Å². The molecule has 0 aliphatic rings. The van der Waals surface area contributed by atoms with Gasteiger partial charge >= 0.3 is 0 Å². The lowest BCUT2D eigenvalue weighted by molar-refractivity contribution is 0.0956. The Morgan fingerprint density at radius 2 is 2.05 bits per heavy atom. The molecule has 2 N–H and O–H groups in total. The van der Waals surface area contributed by atoms with Gasteiger partial charge in [-0.3, -0.25) is 9.59 Å². The van der Waals surface area contributed by atoms with Crippen LogP contribution >= 0.6 is 24.8 Å². The molecular formula is C11H16N4O3S2. The van der Waals surface area contributed by atoms with Crippen LogP contribution in [0.2, 0.25) is 0 Å². The number of Topliss-reactive ketones (excluding diaryl/α,β-unsaturated/α-hetero) is 1. The molecule has 1 heterocycles. The van der Waals surface area contributed by atoms with Crippen LogP contribution in [0, 0.1) is 0 Å². The van der Waals surface area contributed by atoms with Crippen LogP contribution in [-0.2, 0) is 4.74 Å². The van der Waals surface area contributed by atoms with Crippen LogP contribution in [0.1, 0.15) is 16.8 Å². The van der Waals surface area contributed by atoms with E-state index in [0.29, 0.717) is 10.7 Å². The Morgan fingerprint density at radius 3 is 2.50 bits per heavy atom. The van der Waals surface area contributed by atoms with Crippen molar-refractivity contribution in [3.63, 3.8) is 0 Å². The molecule has 0 saturated heterocycles. The molecular weight excluding hydrogens is 300 g/mol. The van der Waals surface area contributed by atoms with E-state index in [2.05, 4.69) is 28.6 Å². The van der Waals surface area contributed by atoms with Crippen molar-refractivity contribution in [3.05, 3.63) is 24.0 Å². The number of thiol groups is 1. The summed E-state index contributed by atoms with van der Waals surface area (Å²) in [7, 11) is 3.58. The van der Waals surface area contributed by atoms with Crippen molar-refractivity contribution in [2.24, 2.45) is 5.73 Å². The average Bonchev–Trinajstić information content (AvgIpc) is 2.38. The van der Waals surface area contributed by atoms with Crippen LogP contribution in [0.3, 0.4) is 0 Å². The van der Waals surface area contributed by atoms with E-state index >= 15 is 0 Å². The van der Waals surface area contributed by atoms with Gasteiger partial charge in [-0.1, -0.05) is 12.6 Å². The molecule has 0 atom stereocenters. The van der Waals surface area contributed by atoms with Crippen LogP contribution < -0.4 is 5.73 Å². The number of carbonyl (C=O) groups excluding carboxylic acids is 2. The van der Waals surface area contributed by atoms with Crippen LogP contribution in [0.4, 0.5) is 4.79 Å². The fraction of sp³-hybridized carbons (Fsp3) is 0.364. The maximum atomic E-state index is 11.6. The fourth-order valence-corrected chi connectivity index (χ4v) is 1.04. The summed E-state index contributed by atoms with van der Waals surface area (Å²) >= 11 is 8.02. The first-order valence-electron chi connectivity index (χ1n) is 5.47. The van der Waals surface area contributed by atoms with Gasteiger partial charge in [0.1, 0.15) is 0 Å². The Bertz CT molecular complexity index is 450. The van der Waals surface area contributed by atoms with Gasteiger partial charge in [0.25, 0.3) is 10.4 Å². The lowest BCUT2D eigenvalue weighted by atomic mass is 10.1. The molecule has 0 bridgehead atoms. The van der Waals surface area contributed by atoms with Crippen LogP contribution in [0.5, 0.6) is 0 Å². The molecule has 110 valence electrons. The highest BCUT2D eigenvalue weighted by Gasteiger charge is 2.07. The van der Waals surface area contributed by atoms with Crippen molar-refractivity contribution >= 4 is 41.0 Å². The lowest BCUT2D eigenvalue weighted by Crippen LogP contribution is -2.23. The Morgan fingerprint density at radius 1 is 1.45 bits per heavy atom. The van der Waals surface area contributed by atoms with E-state index < -0.39 is 5.24 Å². The summed E-state index contributed by atoms with van der Waals surface area (Å²) in [6.45, 7) is 0.276. The van der Waals surface area contributed by atoms with Gasteiger partial charge in [-0.05, 0) is 18.3 Å². The molecule has 1 aromatic heterocycles. The van der Waals surface area contributed by atoms with E-state index in [1.54, 1.807) is 25.1 Å². The van der Waals surface area contributed by atoms with Crippen molar-refractivity contribution in [2.45, 2.75) is 6.42 Å². The maximum absolute atomic E-state index is 11.6. The zero-order chi connectivity index (χ0) is 15.5. The summed E-state index contributed by atoms with van der Waals surface area (Å²) in [6.07, 6.45) is 3.20. The number of aromatic nitrogens is 2. The molecule has 1 aromatic rings. The summed E-state index contributed by atoms with van der Waals surface area (Å²) in [5.74, 6) is -0.0311. The van der Waals surface area contributed by atoms with Gasteiger partial charge in [0.2, 0.25) is 0 Å². The molecule has 0 unspecified atom stereocenters. The SMILES string of the molecule is CN(C)C(=S)OCCC(=O)c1ccnnc1.NC(=O)S. The molecule has 1 amide bonds. The molecule has 7 nitrogen and oxygen atoms in total. The van der Waals surface area contributed by atoms with E-state index in [4.69, 9.17) is 21.7 Å². The number of amides is 1. The Balaban J connectivity index is 0.000000796. The highest BCUT2D eigenvalue weighted by atomic mass is 32.1. The number of primary amides is 1. The van der Waals surface area contributed by atoms with Crippen molar-refractivity contribution in [2.75, 3.05) is 20.7 Å². The molecule has 0 radical (unpaired) electrons. The summed E-state index contributed by atoms with van der Waals surface area (Å²) < 4.78 is 5.20. The molecule has 20 heavy (non-hydrogen) atoms. The minimum Gasteiger partial charge on any atom is -0.470 e. The van der Waals surface area contributed by atoms with Crippen LogP contribution in [-0.4, -0.2) is 52.0 Å². The predicted octanol–water partition coefficient (Wildman–Crippen LogP) is 0.907. The number of carbonyl (C=O) groups is 2. The molecule has 1 rings (SSSR count). The third-order valence-electron chi connectivity index (χ3n) is 1.83. The number of rotatable bonds is 4. The third-order valence-corrected chi connectivity index (χ3v) is 2.31. The van der Waals surface area contributed by atoms with Gasteiger partial charge in [-0.25, -0.2) is 0 Å². The Kier molecular flexibility index (Phi) is 9.22. The minimum atomic E-state index is -0.639. The van der Waals surface area contributed by atoms with E-state index in [1.165, 1.54) is 12.4 Å². The number of nitrogens with two attached hydrogens (primary N) is 1. The molecule has 9 heteroatoms. The second-order valence-electron chi connectivity index (χ2n) is 3.65. The second-order valence-corrected chi connectivity index (χ2v) is 4.44. The topological polar surface area (TPSA) is 98.4 Å². The Hall–Kier alpha value is -1.74. The fourth-order valence-electron chi connectivity index (χ4n) is 0.960. The van der Waals surface area contributed by atoms with Crippen molar-refractivity contribution < 1.29 is 14.3 Å². The summed E-state index contributed by atoms with van der Waals surface area (Å²) in [5.41, 5.74) is 4.87. The second kappa shape index (κ2) is 10.1. The normalized spacial score (nSPS) is 8.95. The average molecular weight is 316 g/mol. The van der Waals surface area contributed by atoms with Gasteiger partial charge in [0.15, 0.2) is 5.78 Å². The minimum absolute atomic E-state index is 0.0311. The molecule has 0 aliphatic carbocycles. The van der Waals surface area contributed by atoms with Gasteiger partial charge in [0.05, 0.1) is 19.0 Å².